The second kappa shape index (κ2) is 53.9. The van der Waals surface area contributed by atoms with E-state index in [1.165, 1.54) is 83.5 Å². The van der Waals surface area contributed by atoms with Crippen LogP contribution in [0.2, 0.25) is 0 Å². The monoisotopic (exact) mass is 1090 g/mol. The molecule has 8 atom stereocenters. The molecule has 0 aromatic carbocycles. The molecule has 78 heavy (non-hydrogen) atoms. The van der Waals surface area contributed by atoms with Gasteiger partial charge >= 0.3 is 5.97 Å². The number of hydrogen-bond donors (Lipinski definition) is 6. The molecule has 1 aliphatic heterocycles. The molecule has 0 spiro atoms. The van der Waals surface area contributed by atoms with Crippen molar-refractivity contribution in [1.82, 2.24) is 5.32 Å². The number of hydrogen-bond acceptors (Lipinski definition) is 10. The molecule has 0 saturated carbocycles. The first-order chi connectivity index (χ1) is 38.2. The van der Waals surface area contributed by atoms with Crippen LogP contribution in [0.25, 0.3) is 0 Å². The molecule has 1 fully saturated rings. The van der Waals surface area contributed by atoms with Crippen molar-refractivity contribution in [2.45, 2.75) is 288 Å². The number of nitrogens with one attached hydrogen (secondary N) is 1. The van der Waals surface area contributed by atoms with Crippen molar-refractivity contribution in [1.29, 1.82) is 0 Å². The number of unbranched alkanes of at least 4 members (excludes halogenated alkanes) is 22. The lowest BCUT2D eigenvalue weighted by atomic mass is 9.99. The zero-order chi connectivity index (χ0) is 56.8. The smallest absolute Gasteiger partial charge is 0.306 e. The maximum atomic E-state index is 13.3. The molecule has 0 aromatic rings. The van der Waals surface area contributed by atoms with Gasteiger partial charge in [-0.25, -0.2) is 0 Å². The van der Waals surface area contributed by atoms with Gasteiger partial charge in [-0.1, -0.05) is 246 Å². The Balaban J connectivity index is 2.66. The van der Waals surface area contributed by atoms with Crippen molar-refractivity contribution >= 4 is 11.9 Å². The summed E-state index contributed by atoms with van der Waals surface area (Å²) in [4.78, 5) is 26.5. The minimum atomic E-state index is -1.64. The van der Waals surface area contributed by atoms with Crippen LogP contribution in [0, 0.1) is 0 Å². The summed E-state index contributed by atoms with van der Waals surface area (Å²) in [7, 11) is 0. The third kappa shape index (κ3) is 41.3. The number of ether oxygens (including phenoxy) is 3. The van der Waals surface area contributed by atoms with Gasteiger partial charge < -0.3 is 45.1 Å². The van der Waals surface area contributed by atoms with Gasteiger partial charge in [0.1, 0.15) is 24.4 Å². The van der Waals surface area contributed by atoms with E-state index in [1.807, 2.05) is 12.2 Å². The molecule has 0 aliphatic carbocycles. The number of carbonyl (C=O) groups excluding carboxylic acids is 2. The van der Waals surface area contributed by atoms with Crippen LogP contribution < -0.4 is 5.32 Å². The lowest BCUT2D eigenvalue weighted by Gasteiger charge is -2.41. The zero-order valence-electron chi connectivity index (χ0n) is 49.2. The predicted octanol–water partition coefficient (Wildman–Crippen LogP) is 14.9. The summed E-state index contributed by atoms with van der Waals surface area (Å²) in [6.45, 7) is 5.60. The number of esters is 1. The molecule has 1 saturated heterocycles. The quantitative estimate of drug-likeness (QED) is 0.0195. The van der Waals surface area contributed by atoms with Gasteiger partial charge in [0.05, 0.1) is 25.4 Å². The Morgan fingerprint density at radius 2 is 0.923 bits per heavy atom. The van der Waals surface area contributed by atoms with Crippen molar-refractivity contribution in [2.24, 2.45) is 0 Å². The van der Waals surface area contributed by atoms with Crippen molar-refractivity contribution in [2.75, 3.05) is 13.2 Å². The molecule has 1 aliphatic rings. The van der Waals surface area contributed by atoms with Crippen LogP contribution in [0.3, 0.4) is 0 Å². The first kappa shape index (κ1) is 72.3. The van der Waals surface area contributed by atoms with Gasteiger partial charge in [-0.05, 0) is 89.9 Å². The maximum Gasteiger partial charge on any atom is 0.306 e. The van der Waals surface area contributed by atoms with E-state index in [1.54, 1.807) is 12.2 Å². The highest BCUT2D eigenvalue weighted by atomic mass is 16.7. The number of amides is 1. The Hall–Kier alpha value is -3.68. The highest BCUT2D eigenvalue weighted by molar-refractivity contribution is 5.81. The van der Waals surface area contributed by atoms with E-state index >= 15 is 0 Å². The number of aliphatic hydroxyl groups is 5. The maximum absolute atomic E-state index is 13.3. The fourth-order valence-corrected chi connectivity index (χ4v) is 8.99. The molecule has 0 bridgehead atoms. The summed E-state index contributed by atoms with van der Waals surface area (Å²) in [5, 5.41) is 56.8. The summed E-state index contributed by atoms with van der Waals surface area (Å²) in [6, 6.07) is -1.06. The Kier molecular flexibility index (Phi) is 50.0. The second-order valence-electron chi connectivity index (χ2n) is 21.1. The van der Waals surface area contributed by atoms with E-state index in [4.69, 9.17) is 14.2 Å². The first-order valence-corrected chi connectivity index (χ1v) is 31.2. The molecule has 0 radical (unpaired) electrons. The van der Waals surface area contributed by atoms with Gasteiger partial charge in [0, 0.05) is 12.8 Å². The molecule has 1 rings (SSSR count). The summed E-state index contributed by atoms with van der Waals surface area (Å²) in [5.74, 6) is -1.29. The largest absolute Gasteiger partial charge is 0.454 e. The molecule has 1 heterocycles. The SMILES string of the molecule is CC/C=C\C/C=C\C/C=C\C/C=C\C/C=C\C/C=C\CCCCCCCCC(=O)OC1C(OCC(NC(=O)C(O)C/C=C/C/C=C\CCCCCCCC)C(O)/C=C/CCCCCCCCCCCC)OC(CO)C(O)C1O. The van der Waals surface area contributed by atoms with E-state index in [2.05, 4.69) is 111 Å². The lowest BCUT2D eigenvalue weighted by Crippen LogP contribution is -2.61. The fourth-order valence-electron chi connectivity index (χ4n) is 8.99. The van der Waals surface area contributed by atoms with Gasteiger partial charge in [-0.2, -0.15) is 0 Å². The predicted molar refractivity (Wildman–Crippen MR) is 324 cm³/mol. The van der Waals surface area contributed by atoms with Crippen LogP contribution in [0.15, 0.2) is 109 Å². The van der Waals surface area contributed by atoms with E-state index in [0.29, 0.717) is 12.8 Å². The number of carbonyl (C=O) groups is 2. The molecule has 11 nitrogen and oxygen atoms in total. The standard InChI is InChI=1S/C67H113NO10/c1-4-7-10-13-16-19-22-25-26-27-28-29-30-31-32-33-34-35-36-37-40-43-46-49-52-55-62(72)78-65-64(74)63(73)61(56-69)77-67(65)76-57-58(59(70)53-50-47-44-41-38-23-20-17-14-11-8-5-2)68-66(75)60(71)54-51-48-45-42-39-24-21-18-15-12-9-6-3/h7,10,16,19,25-26,28-29,31-32,34-35,39,42,48,50-51,53,58-61,63-65,67,69-71,73-74H,4-6,8-9,11-15,17-18,20-24,27,30,33,36-38,40-41,43-47,49,52,54-57H2,1-3H3,(H,68,75)/b10-7-,19-16-,26-25-,29-28-,32-31-,35-34-,42-39-,51-48+,53-50+. The minimum Gasteiger partial charge on any atom is -0.454 e. The van der Waals surface area contributed by atoms with E-state index in [0.717, 1.165) is 109 Å². The van der Waals surface area contributed by atoms with E-state index in [9.17, 15) is 35.1 Å². The van der Waals surface area contributed by atoms with Crippen molar-refractivity contribution in [3.63, 3.8) is 0 Å². The lowest BCUT2D eigenvalue weighted by molar-refractivity contribution is -0.305. The zero-order valence-corrected chi connectivity index (χ0v) is 49.2. The van der Waals surface area contributed by atoms with E-state index < -0.39 is 67.4 Å². The molecule has 11 heteroatoms. The van der Waals surface area contributed by atoms with Gasteiger partial charge in [0.25, 0.3) is 0 Å². The molecule has 446 valence electrons. The first-order valence-electron chi connectivity index (χ1n) is 31.2. The van der Waals surface area contributed by atoms with Crippen LogP contribution in [0.4, 0.5) is 0 Å². The topological polar surface area (TPSA) is 175 Å². The second-order valence-corrected chi connectivity index (χ2v) is 21.1. The highest BCUT2D eigenvalue weighted by Crippen LogP contribution is 2.26. The van der Waals surface area contributed by atoms with Crippen molar-refractivity contribution in [3.8, 4) is 0 Å². The summed E-state index contributed by atoms with van der Waals surface area (Å²) in [6.07, 6.45) is 62.9. The van der Waals surface area contributed by atoms with Crippen LogP contribution >= 0.6 is 0 Å². The highest BCUT2D eigenvalue weighted by Gasteiger charge is 2.47. The van der Waals surface area contributed by atoms with Crippen LogP contribution in [0.1, 0.15) is 239 Å². The fraction of sp³-hybridized carbons (Fsp3) is 0.701. The molecular weight excluding hydrogens is 979 g/mol. The summed E-state index contributed by atoms with van der Waals surface area (Å²) >= 11 is 0. The Labute approximate surface area is 475 Å². The average Bonchev–Trinajstić information content (AvgIpc) is 3.44. The Bertz CT molecular complexity index is 1680. The van der Waals surface area contributed by atoms with Gasteiger partial charge in [-0.3, -0.25) is 9.59 Å². The third-order valence-electron chi connectivity index (χ3n) is 13.9. The van der Waals surface area contributed by atoms with Crippen molar-refractivity contribution in [3.05, 3.63) is 109 Å². The van der Waals surface area contributed by atoms with Gasteiger partial charge in [0.15, 0.2) is 12.4 Å². The molecule has 0 aromatic heterocycles. The molecule has 1 amide bonds. The summed E-state index contributed by atoms with van der Waals surface area (Å²) < 4.78 is 17.6. The van der Waals surface area contributed by atoms with E-state index in [-0.39, 0.29) is 19.4 Å². The van der Waals surface area contributed by atoms with Gasteiger partial charge in [0.2, 0.25) is 5.91 Å². The number of rotatable bonds is 51. The normalized spacial score (nSPS) is 19.7. The third-order valence-corrected chi connectivity index (χ3v) is 13.9. The number of aliphatic hydroxyl groups excluding tert-OH is 5. The van der Waals surface area contributed by atoms with Crippen molar-refractivity contribution < 1.29 is 49.3 Å². The van der Waals surface area contributed by atoms with Gasteiger partial charge in [-0.15, -0.1) is 0 Å². The minimum absolute atomic E-state index is 0.0758. The Morgan fingerprint density at radius 1 is 0.513 bits per heavy atom. The molecular formula is C67H113NO10. The van der Waals surface area contributed by atoms with Crippen LogP contribution in [-0.4, -0.2) is 99.6 Å². The number of allylic oxidation sites excluding steroid dienone is 16. The Morgan fingerprint density at radius 3 is 1.38 bits per heavy atom. The summed E-state index contributed by atoms with van der Waals surface area (Å²) in [5.41, 5.74) is 0. The van der Waals surface area contributed by atoms with Crippen LogP contribution in [-0.2, 0) is 23.8 Å². The molecule has 6 N–H and O–H groups in total. The average molecular weight is 1090 g/mol. The molecule has 8 unspecified atom stereocenters. The van der Waals surface area contributed by atoms with Crippen LogP contribution in [0.5, 0.6) is 0 Å².